The van der Waals surface area contributed by atoms with Gasteiger partial charge in [-0.3, -0.25) is 4.79 Å². The smallest absolute Gasteiger partial charge is 0.254 e. The van der Waals surface area contributed by atoms with E-state index in [1.165, 1.54) is 10.4 Å². The number of nitrogens with zero attached hydrogens (tertiary/aromatic N) is 4. The van der Waals surface area contributed by atoms with E-state index in [4.69, 9.17) is 0 Å². The fourth-order valence-corrected chi connectivity index (χ4v) is 5.03. The van der Waals surface area contributed by atoms with Crippen LogP contribution in [0.25, 0.3) is 11.0 Å². The Balaban J connectivity index is 1.79. The highest BCUT2D eigenvalue weighted by Gasteiger charge is 2.32. The number of nitrogens with one attached hydrogen (secondary N) is 1. The van der Waals surface area contributed by atoms with Gasteiger partial charge in [0.2, 0.25) is 10.0 Å². The van der Waals surface area contributed by atoms with Crippen molar-refractivity contribution in [2.75, 3.05) is 6.54 Å². The van der Waals surface area contributed by atoms with E-state index in [0.717, 1.165) is 11.7 Å². The van der Waals surface area contributed by atoms with Crippen molar-refractivity contribution in [3.05, 3.63) is 45.6 Å². The summed E-state index contributed by atoms with van der Waals surface area (Å²) in [5, 5.41) is 0. The van der Waals surface area contributed by atoms with Gasteiger partial charge in [0.05, 0.1) is 24.0 Å². The second kappa shape index (κ2) is 5.43. The third-order valence-corrected chi connectivity index (χ3v) is 6.44. The summed E-state index contributed by atoms with van der Waals surface area (Å²) in [5.41, 5.74) is 1.81. The average molecular weight is 363 g/mol. The lowest BCUT2D eigenvalue weighted by atomic mass is 10.1. The Labute approximate surface area is 141 Å². The monoisotopic (exact) mass is 363 g/mol. The van der Waals surface area contributed by atoms with Crippen LogP contribution in [0.5, 0.6) is 0 Å². The number of aryl methyl sites for hydroxylation is 1. The van der Waals surface area contributed by atoms with Gasteiger partial charge in [-0.2, -0.15) is 13.1 Å². The van der Waals surface area contributed by atoms with Gasteiger partial charge in [-0.1, -0.05) is 6.07 Å². The van der Waals surface area contributed by atoms with Crippen molar-refractivity contribution >= 4 is 32.8 Å². The van der Waals surface area contributed by atoms with E-state index in [0.29, 0.717) is 34.5 Å². The summed E-state index contributed by atoms with van der Waals surface area (Å²) in [5.74, 6) is 0.476. The molecule has 0 unspecified atom stereocenters. The SMILES string of the molecule is Cc1nc2c(c(=O)[nH]1)CCN(S(=O)(=O)c1cccc3nsnc13)C2. The molecule has 2 aromatic heterocycles. The van der Waals surface area contributed by atoms with E-state index < -0.39 is 10.0 Å². The summed E-state index contributed by atoms with van der Waals surface area (Å²) < 4.78 is 35.6. The molecule has 1 aliphatic heterocycles. The van der Waals surface area contributed by atoms with Crippen LogP contribution in [0.15, 0.2) is 27.9 Å². The highest BCUT2D eigenvalue weighted by molar-refractivity contribution is 7.89. The van der Waals surface area contributed by atoms with Crippen LogP contribution >= 0.6 is 11.7 Å². The van der Waals surface area contributed by atoms with Crippen molar-refractivity contribution in [2.24, 2.45) is 0 Å². The molecule has 0 saturated heterocycles. The molecule has 0 amide bonds. The number of fused-ring (bicyclic) bond motifs is 2. The lowest BCUT2D eigenvalue weighted by Crippen LogP contribution is -2.39. The molecule has 1 N–H and O–H groups in total. The molecule has 0 bridgehead atoms. The normalized spacial score (nSPS) is 15.5. The molecular weight excluding hydrogens is 350 g/mol. The first-order valence-electron chi connectivity index (χ1n) is 7.27. The summed E-state index contributed by atoms with van der Waals surface area (Å²) in [6.45, 7) is 1.99. The van der Waals surface area contributed by atoms with Crippen molar-refractivity contribution in [2.45, 2.75) is 24.8 Å². The van der Waals surface area contributed by atoms with Crippen molar-refractivity contribution in [3.63, 3.8) is 0 Å². The highest BCUT2D eigenvalue weighted by Crippen LogP contribution is 2.27. The molecule has 0 radical (unpaired) electrons. The third kappa shape index (κ3) is 2.34. The van der Waals surface area contributed by atoms with E-state index in [1.807, 2.05) is 0 Å². The van der Waals surface area contributed by atoms with Crippen LogP contribution < -0.4 is 5.56 Å². The second-order valence-electron chi connectivity index (χ2n) is 5.55. The number of hydrogen-bond acceptors (Lipinski definition) is 7. The predicted molar refractivity (Wildman–Crippen MR) is 88.3 cm³/mol. The number of hydrogen-bond donors (Lipinski definition) is 1. The molecule has 1 aromatic carbocycles. The number of aromatic nitrogens is 4. The number of H-pyrrole nitrogens is 1. The zero-order chi connectivity index (χ0) is 16.9. The molecule has 124 valence electrons. The van der Waals surface area contributed by atoms with E-state index in [9.17, 15) is 13.2 Å². The minimum Gasteiger partial charge on any atom is -0.311 e. The largest absolute Gasteiger partial charge is 0.311 e. The van der Waals surface area contributed by atoms with Crippen molar-refractivity contribution in [1.29, 1.82) is 0 Å². The zero-order valence-corrected chi connectivity index (χ0v) is 14.3. The summed E-state index contributed by atoms with van der Waals surface area (Å²) in [6, 6.07) is 4.92. The minimum absolute atomic E-state index is 0.0797. The lowest BCUT2D eigenvalue weighted by Gasteiger charge is -2.27. The summed E-state index contributed by atoms with van der Waals surface area (Å²) in [6.07, 6.45) is 0.336. The van der Waals surface area contributed by atoms with E-state index in [-0.39, 0.29) is 23.5 Å². The molecule has 1 aliphatic rings. The number of rotatable bonds is 2. The quantitative estimate of drug-likeness (QED) is 0.722. The maximum Gasteiger partial charge on any atom is 0.254 e. The molecule has 8 nitrogen and oxygen atoms in total. The predicted octanol–water partition coefficient (Wildman–Crippen LogP) is 0.830. The highest BCUT2D eigenvalue weighted by atomic mass is 32.2. The van der Waals surface area contributed by atoms with E-state index in [1.54, 1.807) is 19.1 Å². The van der Waals surface area contributed by atoms with Gasteiger partial charge < -0.3 is 4.98 Å². The van der Waals surface area contributed by atoms with Gasteiger partial charge in [-0.15, -0.1) is 0 Å². The Morgan fingerprint density at radius 1 is 1.29 bits per heavy atom. The van der Waals surface area contributed by atoms with Crippen LogP contribution in [0.1, 0.15) is 17.1 Å². The molecule has 0 aliphatic carbocycles. The molecule has 0 atom stereocenters. The molecule has 24 heavy (non-hydrogen) atoms. The van der Waals surface area contributed by atoms with Gasteiger partial charge >= 0.3 is 0 Å². The molecule has 3 heterocycles. The van der Waals surface area contributed by atoms with Crippen molar-refractivity contribution in [1.82, 2.24) is 23.0 Å². The second-order valence-corrected chi connectivity index (χ2v) is 7.99. The summed E-state index contributed by atoms with van der Waals surface area (Å²) in [4.78, 5) is 19.1. The van der Waals surface area contributed by atoms with Gasteiger partial charge in [0.1, 0.15) is 21.8 Å². The first-order valence-corrected chi connectivity index (χ1v) is 9.44. The van der Waals surface area contributed by atoms with Crippen LogP contribution in [0.3, 0.4) is 0 Å². The molecule has 0 saturated carbocycles. The first-order chi connectivity index (χ1) is 11.5. The Hall–Kier alpha value is -2.17. The number of benzene rings is 1. The van der Waals surface area contributed by atoms with E-state index in [2.05, 4.69) is 18.7 Å². The van der Waals surface area contributed by atoms with Gasteiger partial charge in [0.15, 0.2) is 0 Å². The van der Waals surface area contributed by atoms with Crippen molar-refractivity contribution < 1.29 is 8.42 Å². The maximum atomic E-state index is 13.0. The molecular formula is C14H13N5O3S2. The lowest BCUT2D eigenvalue weighted by molar-refractivity contribution is 0.383. The van der Waals surface area contributed by atoms with Crippen LogP contribution in [-0.2, 0) is 23.0 Å². The number of sulfonamides is 1. The summed E-state index contributed by atoms with van der Waals surface area (Å²) in [7, 11) is -3.74. The van der Waals surface area contributed by atoms with Gasteiger partial charge in [-0.05, 0) is 25.5 Å². The third-order valence-electron chi connectivity index (χ3n) is 4.02. The minimum atomic E-state index is -3.74. The zero-order valence-electron chi connectivity index (χ0n) is 12.7. The fraction of sp³-hybridized carbons (Fsp3) is 0.286. The Morgan fingerprint density at radius 3 is 2.96 bits per heavy atom. The molecule has 4 rings (SSSR count). The topological polar surface area (TPSA) is 109 Å². The Kier molecular flexibility index (Phi) is 3.48. The Morgan fingerprint density at radius 2 is 2.12 bits per heavy atom. The average Bonchev–Trinajstić information content (AvgIpc) is 3.02. The first kappa shape index (κ1) is 15.4. The van der Waals surface area contributed by atoms with Crippen LogP contribution in [0.2, 0.25) is 0 Å². The van der Waals surface area contributed by atoms with Crippen LogP contribution in [-0.4, -0.2) is 38.0 Å². The van der Waals surface area contributed by atoms with Crippen molar-refractivity contribution in [3.8, 4) is 0 Å². The van der Waals surface area contributed by atoms with Crippen LogP contribution in [0, 0.1) is 6.92 Å². The molecule has 3 aromatic rings. The molecule has 0 spiro atoms. The van der Waals surface area contributed by atoms with Gasteiger partial charge in [0, 0.05) is 12.1 Å². The standard InChI is InChI=1S/C14H13N5O3S2/c1-8-15-11-7-19(6-5-9(11)14(20)16-8)24(21,22)12-4-2-3-10-13(12)18-23-17-10/h2-4H,5-7H2,1H3,(H,15,16,20). The maximum absolute atomic E-state index is 13.0. The molecule has 10 heteroatoms. The van der Waals surface area contributed by atoms with E-state index >= 15 is 0 Å². The fourth-order valence-electron chi connectivity index (χ4n) is 2.87. The number of aromatic amines is 1. The Bertz CT molecular complexity index is 1100. The van der Waals surface area contributed by atoms with Crippen LogP contribution in [0.4, 0.5) is 0 Å². The van der Waals surface area contributed by atoms with Gasteiger partial charge in [-0.25, -0.2) is 13.4 Å². The summed E-state index contributed by atoms with van der Waals surface area (Å²) >= 11 is 0.982. The molecule has 0 fully saturated rings. The van der Waals surface area contributed by atoms with Gasteiger partial charge in [0.25, 0.3) is 5.56 Å².